The molecule has 0 aliphatic heterocycles. The summed E-state index contributed by atoms with van der Waals surface area (Å²) in [5.74, 6) is 2.09. The Labute approximate surface area is 231 Å². The minimum atomic E-state index is -0.231. The number of benzene rings is 3. The maximum atomic E-state index is 13.8. The van der Waals surface area contributed by atoms with Crippen LogP contribution in [0.2, 0.25) is 5.02 Å². The second kappa shape index (κ2) is 11.3. The zero-order valence-corrected chi connectivity index (χ0v) is 23.0. The first-order valence-electron chi connectivity index (χ1n) is 11.3. The van der Waals surface area contributed by atoms with Gasteiger partial charge in [-0.2, -0.15) is 0 Å². The van der Waals surface area contributed by atoms with Crippen molar-refractivity contribution in [1.82, 2.24) is 19.7 Å². The number of hydrogen-bond donors (Lipinski definition) is 1. The third-order valence-electron chi connectivity index (χ3n) is 5.56. The Morgan fingerprint density at radius 1 is 0.947 bits per heavy atom. The highest BCUT2D eigenvalue weighted by Gasteiger charge is 2.18. The number of anilines is 2. The number of ether oxygens (including phenoxy) is 3. The number of nitrogens with one attached hydrogen (secondary N) is 1. The molecule has 2 aromatic heterocycles. The molecular formula is C26H22ClN5O4S2. The van der Waals surface area contributed by atoms with Crippen LogP contribution in [0.5, 0.6) is 17.2 Å². The van der Waals surface area contributed by atoms with E-state index in [2.05, 4.69) is 15.5 Å². The number of methoxy groups -OCH3 is 3. The summed E-state index contributed by atoms with van der Waals surface area (Å²) in [6.07, 6.45) is 0. The summed E-state index contributed by atoms with van der Waals surface area (Å²) in [6.45, 7) is 0. The molecule has 0 aliphatic rings. The van der Waals surface area contributed by atoms with Crippen molar-refractivity contribution in [3.05, 3.63) is 81.0 Å². The Balaban J connectivity index is 1.50. The first kappa shape index (κ1) is 25.8. The molecule has 194 valence electrons. The van der Waals surface area contributed by atoms with E-state index < -0.39 is 0 Å². The topological polar surface area (TPSA) is 100 Å². The Morgan fingerprint density at radius 2 is 1.66 bits per heavy atom. The molecular weight excluding hydrogens is 546 g/mol. The molecule has 12 heteroatoms. The molecule has 0 saturated heterocycles. The van der Waals surface area contributed by atoms with Crippen LogP contribution in [0.15, 0.2) is 70.6 Å². The van der Waals surface area contributed by atoms with Gasteiger partial charge in [0.05, 0.1) is 43.7 Å². The summed E-state index contributed by atoms with van der Waals surface area (Å²) >= 11 is 8.78. The average Bonchev–Trinajstić information content (AvgIpc) is 3.39. The Kier molecular flexibility index (Phi) is 7.68. The molecule has 2 heterocycles. The van der Waals surface area contributed by atoms with Gasteiger partial charge in [-0.15, -0.1) is 10.2 Å². The lowest BCUT2D eigenvalue weighted by molar-refractivity contribution is 0.355. The molecule has 0 aliphatic carbocycles. The maximum absolute atomic E-state index is 13.8. The van der Waals surface area contributed by atoms with Crippen molar-refractivity contribution >= 4 is 56.4 Å². The van der Waals surface area contributed by atoms with E-state index in [0.29, 0.717) is 54.9 Å². The monoisotopic (exact) mass is 567 g/mol. The molecule has 0 atom stereocenters. The number of aromatic nitrogens is 4. The number of nitrogens with zero attached hydrogens (tertiary/aromatic N) is 4. The Hall–Kier alpha value is -3.80. The number of fused-ring (bicyclic) bond motifs is 1. The summed E-state index contributed by atoms with van der Waals surface area (Å²) < 4.78 is 17.7. The molecule has 0 radical (unpaired) electrons. The van der Waals surface area contributed by atoms with Gasteiger partial charge in [0.1, 0.15) is 10.8 Å². The number of thioether (sulfide) groups is 1. The molecule has 0 spiro atoms. The van der Waals surface area contributed by atoms with E-state index in [-0.39, 0.29) is 5.56 Å². The third kappa shape index (κ3) is 5.40. The van der Waals surface area contributed by atoms with Crippen LogP contribution >= 0.6 is 34.7 Å². The number of halogens is 1. The summed E-state index contributed by atoms with van der Waals surface area (Å²) in [5, 5.41) is 14.7. The van der Waals surface area contributed by atoms with Crippen molar-refractivity contribution in [2.24, 2.45) is 0 Å². The van der Waals surface area contributed by atoms with Crippen LogP contribution in [-0.2, 0) is 5.75 Å². The highest BCUT2D eigenvalue weighted by molar-refractivity contribution is 7.98. The van der Waals surface area contributed by atoms with E-state index in [9.17, 15) is 4.79 Å². The molecule has 0 amide bonds. The Morgan fingerprint density at radius 3 is 2.34 bits per heavy atom. The minimum Gasteiger partial charge on any atom is -0.497 e. The number of hydrogen-bond acceptors (Lipinski definition) is 10. The van der Waals surface area contributed by atoms with Gasteiger partial charge in [0.2, 0.25) is 5.13 Å². The van der Waals surface area contributed by atoms with Gasteiger partial charge in [-0.25, -0.2) is 4.98 Å². The van der Waals surface area contributed by atoms with E-state index in [4.69, 9.17) is 30.8 Å². The summed E-state index contributed by atoms with van der Waals surface area (Å²) in [5.41, 5.74) is 1.79. The van der Waals surface area contributed by atoms with Crippen LogP contribution in [-0.4, -0.2) is 41.1 Å². The zero-order valence-electron chi connectivity index (χ0n) is 20.6. The molecule has 0 saturated carbocycles. The SMILES string of the molecule is COc1ccc(-n2c(SCc3nnc(Nc4ccc(Cl)cc4)s3)nc3cc(OC)c(OC)cc3c2=O)cc1. The third-order valence-corrected chi connectivity index (χ3v) is 7.78. The second-order valence-corrected chi connectivity index (χ2v) is 10.3. The first-order valence-corrected chi connectivity index (χ1v) is 13.5. The quantitative estimate of drug-likeness (QED) is 0.171. The van der Waals surface area contributed by atoms with Gasteiger partial charge >= 0.3 is 0 Å². The van der Waals surface area contributed by atoms with Gasteiger partial charge in [-0.05, 0) is 54.6 Å². The lowest BCUT2D eigenvalue weighted by Crippen LogP contribution is -2.22. The Bertz CT molecular complexity index is 1640. The summed E-state index contributed by atoms with van der Waals surface area (Å²) in [4.78, 5) is 18.6. The standard InChI is InChI=1S/C26H22ClN5O4S2/c1-34-18-10-8-17(9-11-18)32-24(33)19-12-21(35-2)22(36-3)13-20(19)29-26(32)37-14-23-30-31-25(38-23)28-16-6-4-15(27)5-7-16/h4-13H,14H2,1-3H3,(H,28,31). The predicted octanol–water partition coefficient (Wildman–Crippen LogP) is 5.95. The second-order valence-electron chi connectivity index (χ2n) is 7.88. The molecule has 5 aromatic rings. The molecule has 3 aromatic carbocycles. The van der Waals surface area contributed by atoms with Gasteiger partial charge in [-0.3, -0.25) is 9.36 Å². The van der Waals surface area contributed by atoms with Crippen LogP contribution in [0.3, 0.4) is 0 Å². The largest absolute Gasteiger partial charge is 0.497 e. The average molecular weight is 568 g/mol. The molecule has 38 heavy (non-hydrogen) atoms. The lowest BCUT2D eigenvalue weighted by atomic mass is 10.2. The van der Waals surface area contributed by atoms with Crippen molar-refractivity contribution < 1.29 is 14.2 Å². The van der Waals surface area contributed by atoms with E-state index >= 15 is 0 Å². The van der Waals surface area contributed by atoms with Crippen LogP contribution in [0.25, 0.3) is 16.6 Å². The smallest absolute Gasteiger partial charge is 0.266 e. The van der Waals surface area contributed by atoms with Crippen LogP contribution in [0, 0.1) is 0 Å². The molecule has 0 bridgehead atoms. The van der Waals surface area contributed by atoms with E-state index in [1.165, 1.54) is 30.2 Å². The van der Waals surface area contributed by atoms with Crippen molar-refractivity contribution in [3.63, 3.8) is 0 Å². The van der Waals surface area contributed by atoms with E-state index in [0.717, 1.165) is 10.7 Å². The fraction of sp³-hybridized carbons (Fsp3) is 0.154. The zero-order chi connectivity index (χ0) is 26.6. The summed E-state index contributed by atoms with van der Waals surface area (Å²) in [6, 6.07) is 17.9. The van der Waals surface area contributed by atoms with Crippen molar-refractivity contribution in [2.45, 2.75) is 10.9 Å². The van der Waals surface area contributed by atoms with E-state index in [1.807, 2.05) is 24.3 Å². The summed E-state index contributed by atoms with van der Waals surface area (Å²) in [7, 11) is 4.67. The van der Waals surface area contributed by atoms with Crippen LogP contribution in [0.4, 0.5) is 10.8 Å². The molecule has 9 nitrogen and oxygen atoms in total. The highest BCUT2D eigenvalue weighted by Crippen LogP contribution is 2.33. The minimum absolute atomic E-state index is 0.231. The first-order chi connectivity index (χ1) is 18.5. The molecule has 0 fully saturated rings. The van der Waals surface area contributed by atoms with Crippen molar-refractivity contribution in [1.29, 1.82) is 0 Å². The highest BCUT2D eigenvalue weighted by atomic mass is 35.5. The fourth-order valence-corrected chi connectivity index (χ4v) is 5.58. The van der Waals surface area contributed by atoms with Crippen LogP contribution < -0.4 is 25.1 Å². The van der Waals surface area contributed by atoms with Crippen molar-refractivity contribution in [3.8, 4) is 22.9 Å². The lowest BCUT2D eigenvalue weighted by Gasteiger charge is -2.15. The van der Waals surface area contributed by atoms with Gasteiger partial charge in [0, 0.05) is 16.8 Å². The van der Waals surface area contributed by atoms with Gasteiger partial charge in [0.15, 0.2) is 16.7 Å². The van der Waals surface area contributed by atoms with E-state index in [1.54, 1.807) is 55.2 Å². The van der Waals surface area contributed by atoms with Gasteiger partial charge in [0.25, 0.3) is 5.56 Å². The van der Waals surface area contributed by atoms with Gasteiger partial charge in [-0.1, -0.05) is 34.7 Å². The maximum Gasteiger partial charge on any atom is 0.266 e. The van der Waals surface area contributed by atoms with Gasteiger partial charge < -0.3 is 19.5 Å². The number of rotatable bonds is 9. The predicted molar refractivity (Wildman–Crippen MR) is 151 cm³/mol. The molecule has 5 rings (SSSR count). The fourth-order valence-electron chi connectivity index (χ4n) is 3.69. The molecule has 0 unspecified atom stereocenters. The van der Waals surface area contributed by atoms with Crippen LogP contribution in [0.1, 0.15) is 5.01 Å². The van der Waals surface area contributed by atoms with Crippen molar-refractivity contribution in [2.75, 3.05) is 26.6 Å². The molecule has 1 N–H and O–H groups in total. The normalized spacial score (nSPS) is 10.9.